The third kappa shape index (κ3) is 2.99. The molecule has 0 unspecified atom stereocenters. The molecule has 0 aliphatic heterocycles. The monoisotopic (exact) mass is 291 g/mol. The van der Waals surface area contributed by atoms with E-state index in [9.17, 15) is 14.7 Å². The first-order chi connectivity index (χ1) is 10.2. The second-order valence-corrected chi connectivity index (χ2v) is 6.93. The van der Waals surface area contributed by atoms with Crippen LogP contribution in [0.15, 0.2) is 12.2 Å². The Labute approximate surface area is 126 Å². The molecule has 4 atom stereocenters. The van der Waals surface area contributed by atoms with Gasteiger partial charge in [-0.1, -0.05) is 31.4 Å². The quantitative estimate of drug-likeness (QED) is 0.782. The van der Waals surface area contributed by atoms with Gasteiger partial charge in [0.1, 0.15) is 0 Å². The van der Waals surface area contributed by atoms with Crippen LogP contribution in [0.3, 0.4) is 0 Å². The molecule has 4 aliphatic carbocycles. The highest BCUT2D eigenvalue weighted by Gasteiger charge is 2.48. The van der Waals surface area contributed by atoms with Crippen molar-refractivity contribution in [1.82, 2.24) is 5.32 Å². The number of rotatable bonds is 4. The highest BCUT2D eigenvalue weighted by molar-refractivity contribution is 5.86. The number of hydrogen-bond donors (Lipinski definition) is 2. The fourth-order valence-corrected chi connectivity index (χ4v) is 4.44. The van der Waals surface area contributed by atoms with E-state index < -0.39 is 11.9 Å². The minimum atomic E-state index is -0.813. The van der Waals surface area contributed by atoms with Crippen molar-refractivity contribution in [1.29, 1.82) is 0 Å². The van der Waals surface area contributed by atoms with Gasteiger partial charge in [-0.3, -0.25) is 9.59 Å². The fourth-order valence-electron chi connectivity index (χ4n) is 4.44. The van der Waals surface area contributed by atoms with Gasteiger partial charge in [-0.05, 0) is 43.4 Å². The number of fused-ring (bicyclic) bond motifs is 2. The van der Waals surface area contributed by atoms with Crippen molar-refractivity contribution in [3.63, 3.8) is 0 Å². The summed E-state index contributed by atoms with van der Waals surface area (Å²) < 4.78 is 0. The topological polar surface area (TPSA) is 66.4 Å². The van der Waals surface area contributed by atoms with Crippen LogP contribution in [-0.4, -0.2) is 23.5 Å². The normalized spacial score (nSPS) is 35.6. The average Bonchev–Trinajstić information content (AvgIpc) is 2.53. The summed E-state index contributed by atoms with van der Waals surface area (Å²) in [6.45, 7) is 0.725. The summed E-state index contributed by atoms with van der Waals surface area (Å²) in [6, 6.07) is 0. The predicted molar refractivity (Wildman–Crippen MR) is 79.6 cm³/mol. The number of carboxylic acids is 1. The van der Waals surface area contributed by atoms with Crippen LogP contribution in [0.4, 0.5) is 0 Å². The summed E-state index contributed by atoms with van der Waals surface area (Å²) in [5.41, 5.74) is 0. The molecule has 4 heteroatoms. The van der Waals surface area contributed by atoms with Crippen molar-refractivity contribution < 1.29 is 14.7 Å². The number of carboxylic acid groups (broad SMARTS) is 1. The van der Waals surface area contributed by atoms with Crippen LogP contribution in [0.25, 0.3) is 0 Å². The Morgan fingerprint density at radius 1 is 0.952 bits per heavy atom. The average molecular weight is 291 g/mol. The van der Waals surface area contributed by atoms with E-state index in [-0.39, 0.29) is 23.7 Å². The molecule has 21 heavy (non-hydrogen) atoms. The van der Waals surface area contributed by atoms with Crippen molar-refractivity contribution in [3.05, 3.63) is 12.2 Å². The van der Waals surface area contributed by atoms with E-state index in [1.807, 2.05) is 6.08 Å². The van der Waals surface area contributed by atoms with E-state index in [1.165, 1.54) is 32.1 Å². The van der Waals surface area contributed by atoms with Gasteiger partial charge in [0.2, 0.25) is 5.91 Å². The van der Waals surface area contributed by atoms with E-state index in [4.69, 9.17) is 0 Å². The summed E-state index contributed by atoms with van der Waals surface area (Å²) in [6.07, 6.45) is 12.2. The first-order valence-corrected chi connectivity index (χ1v) is 8.35. The molecular formula is C17H25NO3. The lowest BCUT2D eigenvalue weighted by atomic mass is 9.62. The molecule has 4 rings (SSSR count). The molecule has 2 bridgehead atoms. The van der Waals surface area contributed by atoms with Gasteiger partial charge in [0.05, 0.1) is 11.8 Å². The summed E-state index contributed by atoms with van der Waals surface area (Å²) in [5.74, 6) is -1.00. The Morgan fingerprint density at radius 3 is 2.14 bits per heavy atom. The maximum absolute atomic E-state index is 12.5. The summed E-state index contributed by atoms with van der Waals surface area (Å²) >= 11 is 0. The second kappa shape index (κ2) is 6.20. The second-order valence-electron chi connectivity index (χ2n) is 6.93. The molecule has 116 valence electrons. The Bertz CT molecular complexity index is 439. The van der Waals surface area contributed by atoms with Crippen molar-refractivity contribution >= 4 is 11.9 Å². The van der Waals surface area contributed by atoms with Crippen LogP contribution >= 0.6 is 0 Å². The molecule has 0 aromatic carbocycles. The zero-order valence-electron chi connectivity index (χ0n) is 12.5. The number of allylic oxidation sites excluding steroid dienone is 2. The Balaban J connectivity index is 1.62. The molecule has 0 radical (unpaired) electrons. The molecule has 1 amide bonds. The molecule has 0 aromatic heterocycles. The van der Waals surface area contributed by atoms with Crippen molar-refractivity contribution in [2.75, 3.05) is 6.54 Å². The molecule has 2 fully saturated rings. The number of carbonyl (C=O) groups excluding carboxylic acids is 1. The summed E-state index contributed by atoms with van der Waals surface area (Å²) in [5, 5.41) is 12.5. The van der Waals surface area contributed by atoms with E-state index in [2.05, 4.69) is 11.4 Å². The van der Waals surface area contributed by atoms with Gasteiger partial charge in [0, 0.05) is 6.54 Å². The molecular weight excluding hydrogens is 266 g/mol. The van der Waals surface area contributed by atoms with Crippen LogP contribution in [0.1, 0.15) is 44.9 Å². The van der Waals surface area contributed by atoms with Gasteiger partial charge < -0.3 is 10.4 Å². The summed E-state index contributed by atoms with van der Waals surface area (Å²) in [7, 11) is 0. The lowest BCUT2D eigenvalue weighted by molar-refractivity contribution is -0.153. The van der Waals surface area contributed by atoms with Gasteiger partial charge in [0.25, 0.3) is 0 Å². The van der Waals surface area contributed by atoms with E-state index in [0.29, 0.717) is 5.92 Å². The number of hydrogen-bond acceptors (Lipinski definition) is 2. The van der Waals surface area contributed by atoms with Crippen molar-refractivity contribution in [2.24, 2.45) is 29.6 Å². The van der Waals surface area contributed by atoms with Crippen LogP contribution in [-0.2, 0) is 9.59 Å². The molecule has 0 heterocycles. The maximum atomic E-state index is 12.5. The van der Waals surface area contributed by atoms with Gasteiger partial charge in [-0.25, -0.2) is 0 Å². The standard InChI is InChI=1S/C17H25NO3/c19-16(18-10-11-4-2-1-3-5-11)14-12-6-8-13(9-7-12)15(14)17(20)21/h6,8,11-15H,1-5,7,9-10H2,(H,18,19)(H,20,21)/t12-,13-,14-,15+/m0/s1. The lowest BCUT2D eigenvalue weighted by Gasteiger charge is -2.42. The van der Waals surface area contributed by atoms with Crippen molar-refractivity contribution in [3.8, 4) is 0 Å². The third-order valence-electron chi connectivity index (χ3n) is 5.63. The zero-order chi connectivity index (χ0) is 14.8. The first-order valence-electron chi connectivity index (χ1n) is 8.35. The predicted octanol–water partition coefficient (Wildman–Crippen LogP) is 2.60. The van der Waals surface area contributed by atoms with Gasteiger partial charge >= 0.3 is 5.97 Å². The van der Waals surface area contributed by atoms with Crippen LogP contribution in [0.5, 0.6) is 0 Å². The Morgan fingerprint density at radius 2 is 1.57 bits per heavy atom. The lowest BCUT2D eigenvalue weighted by Crippen LogP contribution is -2.49. The van der Waals surface area contributed by atoms with Crippen LogP contribution < -0.4 is 5.32 Å². The SMILES string of the molecule is O=C(NCC1CCCCC1)[C@@H]1[C@H](C(=O)O)[C@H]2C=C[C@H]1CC2. The molecule has 4 aliphatic rings. The molecule has 2 N–H and O–H groups in total. The van der Waals surface area contributed by atoms with Crippen molar-refractivity contribution in [2.45, 2.75) is 44.9 Å². The van der Waals surface area contributed by atoms with Crippen LogP contribution in [0.2, 0.25) is 0 Å². The first kappa shape index (κ1) is 14.6. The zero-order valence-corrected chi connectivity index (χ0v) is 12.5. The largest absolute Gasteiger partial charge is 0.481 e. The number of carbonyl (C=O) groups is 2. The van der Waals surface area contributed by atoms with E-state index in [0.717, 1.165) is 19.4 Å². The van der Waals surface area contributed by atoms with Gasteiger partial charge in [-0.2, -0.15) is 0 Å². The smallest absolute Gasteiger partial charge is 0.307 e. The van der Waals surface area contributed by atoms with Gasteiger partial charge in [-0.15, -0.1) is 0 Å². The Kier molecular flexibility index (Phi) is 4.32. The van der Waals surface area contributed by atoms with E-state index >= 15 is 0 Å². The minimum Gasteiger partial charge on any atom is -0.481 e. The van der Waals surface area contributed by atoms with Crippen LogP contribution in [0, 0.1) is 29.6 Å². The molecule has 0 saturated heterocycles. The molecule has 0 spiro atoms. The number of nitrogens with one attached hydrogen (secondary N) is 1. The third-order valence-corrected chi connectivity index (χ3v) is 5.63. The highest BCUT2D eigenvalue weighted by Crippen LogP contribution is 2.45. The Hall–Kier alpha value is -1.32. The highest BCUT2D eigenvalue weighted by atomic mass is 16.4. The summed E-state index contributed by atoms with van der Waals surface area (Å²) in [4.78, 5) is 24.1. The number of aliphatic carboxylic acids is 1. The molecule has 0 aromatic rings. The molecule has 4 nitrogen and oxygen atoms in total. The van der Waals surface area contributed by atoms with E-state index in [1.54, 1.807) is 0 Å². The maximum Gasteiger partial charge on any atom is 0.307 e. The fraction of sp³-hybridized carbons (Fsp3) is 0.765. The molecule has 2 saturated carbocycles. The number of amides is 1. The van der Waals surface area contributed by atoms with Gasteiger partial charge in [0.15, 0.2) is 0 Å². The minimum absolute atomic E-state index is 0.0352.